The largest absolute Gasteiger partial charge is 0.465 e. The fourth-order valence-corrected chi connectivity index (χ4v) is 1.62. The Balaban J connectivity index is 2.08. The summed E-state index contributed by atoms with van der Waals surface area (Å²) in [7, 11) is 1.23. The number of carbonyl (C=O) groups is 1. The first kappa shape index (κ1) is 13.8. The molecule has 2 aromatic rings. The minimum Gasteiger partial charge on any atom is -0.465 e. The van der Waals surface area contributed by atoms with Crippen molar-refractivity contribution < 1.29 is 18.4 Å². The van der Waals surface area contributed by atoms with Crippen molar-refractivity contribution in [3.05, 3.63) is 35.7 Å². The number of nitrogens with two attached hydrogens (primary N) is 1. The lowest BCUT2D eigenvalue weighted by Crippen LogP contribution is -2.11. The average molecular weight is 280 g/mol. The number of hydrogen-bond acceptors (Lipinski definition) is 7. The molecule has 1 heterocycles. The van der Waals surface area contributed by atoms with E-state index in [4.69, 9.17) is 5.73 Å². The van der Waals surface area contributed by atoms with E-state index in [-0.39, 0.29) is 16.9 Å². The van der Waals surface area contributed by atoms with E-state index in [0.29, 0.717) is 18.8 Å². The molecule has 0 aliphatic carbocycles. The second kappa shape index (κ2) is 6.00. The Morgan fingerprint density at radius 2 is 2.35 bits per heavy atom. The van der Waals surface area contributed by atoms with Crippen LogP contribution < -0.4 is 11.1 Å². The van der Waals surface area contributed by atoms with Crippen LogP contribution in [-0.2, 0) is 11.2 Å². The maximum Gasteiger partial charge on any atom is 0.340 e. The van der Waals surface area contributed by atoms with E-state index in [2.05, 4.69) is 24.7 Å². The van der Waals surface area contributed by atoms with Gasteiger partial charge in [-0.2, -0.15) is 4.98 Å². The second-order valence-corrected chi connectivity index (χ2v) is 3.94. The van der Waals surface area contributed by atoms with E-state index >= 15 is 0 Å². The monoisotopic (exact) mass is 280 g/mol. The van der Waals surface area contributed by atoms with Gasteiger partial charge in [-0.25, -0.2) is 9.18 Å². The van der Waals surface area contributed by atoms with E-state index in [1.807, 2.05) is 0 Å². The van der Waals surface area contributed by atoms with Gasteiger partial charge in [-0.3, -0.25) is 0 Å². The number of nitrogens with one attached hydrogen (secondary N) is 1. The van der Waals surface area contributed by atoms with Gasteiger partial charge in [-0.15, -0.1) is 0 Å². The van der Waals surface area contributed by atoms with Gasteiger partial charge in [-0.05, 0) is 12.1 Å². The number of carbonyl (C=O) groups excluding carboxylic acids is 1. The summed E-state index contributed by atoms with van der Waals surface area (Å²) < 4.78 is 22.9. The third kappa shape index (κ3) is 3.02. The quantitative estimate of drug-likeness (QED) is 0.627. The minimum atomic E-state index is -0.622. The van der Waals surface area contributed by atoms with Gasteiger partial charge < -0.3 is 20.3 Å². The average Bonchev–Trinajstić information content (AvgIpc) is 2.93. The topological polar surface area (TPSA) is 103 Å². The van der Waals surface area contributed by atoms with E-state index < -0.39 is 11.8 Å². The molecule has 0 saturated heterocycles. The second-order valence-electron chi connectivity index (χ2n) is 3.94. The number of benzene rings is 1. The number of aromatic nitrogens is 2. The van der Waals surface area contributed by atoms with Crippen LogP contribution in [0, 0.1) is 5.82 Å². The van der Waals surface area contributed by atoms with Gasteiger partial charge in [0.15, 0.2) is 5.82 Å². The fourth-order valence-electron chi connectivity index (χ4n) is 1.62. The number of nitrogens with zero attached hydrogens (tertiary/aromatic N) is 2. The molecular formula is C12H13FN4O3. The maximum absolute atomic E-state index is 13.7. The number of halogens is 1. The summed E-state index contributed by atoms with van der Waals surface area (Å²) in [5, 5.41) is 6.47. The van der Waals surface area contributed by atoms with E-state index in [1.165, 1.54) is 19.6 Å². The Bertz CT molecular complexity index is 601. The molecular weight excluding hydrogens is 267 g/mol. The van der Waals surface area contributed by atoms with Crippen molar-refractivity contribution in [3.8, 4) is 0 Å². The molecule has 0 aliphatic heterocycles. The number of nitrogen functional groups attached to an aromatic ring is 1. The molecule has 1 aromatic carbocycles. The number of rotatable bonds is 5. The summed E-state index contributed by atoms with van der Waals surface area (Å²) >= 11 is 0. The lowest BCUT2D eigenvalue weighted by atomic mass is 10.1. The molecule has 2 rings (SSSR count). The molecule has 8 heteroatoms. The Hall–Kier alpha value is -2.64. The molecule has 0 unspecified atom stereocenters. The number of anilines is 2. The molecule has 106 valence electrons. The highest BCUT2D eigenvalue weighted by Gasteiger charge is 2.14. The standard InChI is InChI=1S/C12H13FN4O3/c1-19-12(18)7-4-10(8(13)5-9(7)14)15-3-2-11-16-6-20-17-11/h4-6,15H,2-3,14H2,1H3. The van der Waals surface area contributed by atoms with Crippen LogP contribution in [0.3, 0.4) is 0 Å². The Morgan fingerprint density at radius 3 is 3.00 bits per heavy atom. The summed E-state index contributed by atoms with van der Waals surface area (Å²) in [4.78, 5) is 15.3. The molecule has 20 heavy (non-hydrogen) atoms. The Labute approximate surface area is 113 Å². The molecule has 0 amide bonds. The van der Waals surface area contributed by atoms with Crippen LogP contribution in [0.1, 0.15) is 16.2 Å². The zero-order valence-corrected chi connectivity index (χ0v) is 10.7. The van der Waals surface area contributed by atoms with Crippen LogP contribution in [0.2, 0.25) is 0 Å². The van der Waals surface area contributed by atoms with Crippen LogP contribution in [0.25, 0.3) is 0 Å². The Morgan fingerprint density at radius 1 is 1.55 bits per heavy atom. The first-order chi connectivity index (χ1) is 9.61. The van der Waals surface area contributed by atoms with E-state index in [1.54, 1.807) is 0 Å². The predicted molar refractivity (Wildman–Crippen MR) is 68.6 cm³/mol. The van der Waals surface area contributed by atoms with Crippen molar-refractivity contribution >= 4 is 17.3 Å². The summed E-state index contributed by atoms with van der Waals surface area (Å²) in [6, 6.07) is 2.38. The third-order valence-corrected chi connectivity index (χ3v) is 2.62. The van der Waals surface area contributed by atoms with Crippen molar-refractivity contribution in [2.45, 2.75) is 6.42 Å². The van der Waals surface area contributed by atoms with Crippen LogP contribution >= 0.6 is 0 Å². The number of methoxy groups -OCH3 is 1. The van der Waals surface area contributed by atoms with Crippen molar-refractivity contribution in [3.63, 3.8) is 0 Å². The normalized spacial score (nSPS) is 10.3. The van der Waals surface area contributed by atoms with Gasteiger partial charge >= 0.3 is 5.97 Å². The number of ether oxygens (including phenoxy) is 1. The van der Waals surface area contributed by atoms with Crippen molar-refractivity contribution in [2.75, 3.05) is 24.7 Å². The highest BCUT2D eigenvalue weighted by molar-refractivity contribution is 5.96. The van der Waals surface area contributed by atoms with E-state index in [9.17, 15) is 9.18 Å². The molecule has 0 radical (unpaired) electrons. The predicted octanol–water partition coefficient (Wildman–Crippen LogP) is 1.23. The summed E-state index contributed by atoms with van der Waals surface area (Å²) in [6.07, 6.45) is 1.67. The number of hydrogen-bond donors (Lipinski definition) is 2. The molecule has 0 aliphatic rings. The summed E-state index contributed by atoms with van der Waals surface area (Å²) in [5.41, 5.74) is 5.86. The van der Waals surface area contributed by atoms with Gasteiger partial charge in [0.25, 0.3) is 0 Å². The molecule has 0 atom stereocenters. The smallest absolute Gasteiger partial charge is 0.340 e. The number of esters is 1. The summed E-state index contributed by atoms with van der Waals surface area (Å²) in [6.45, 7) is 0.376. The molecule has 0 spiro atoms. The zero-order chi connectivity index (χ0) is 14.5. The van der Waals surface area contributed by atoms with E-state index in [0.717, 1.165) is 6.07 Å². The van der Waals surface area contributed by atoms with Crippen molar-refractivity contribution in [1.82, 2.24) is 10.1 Å². The van der Waals surface area contributed by atoms with Crippen LogP contribution in [0.4, 0.5) is 15.8 Å². The first-order valence-electron chi connectivity index (χ1n) is 5.78. The van der Waals surface area contributed by atoms with Gasteiger partial charge in [0, 0.05) is 18.7 Å². The molecule has 7 nitrogen and oxygen atoms in total. The third-order valence-electron chi connectivity index (χ3n) is 2.62. The fraction of sp³-hybridized carbons (Fsp3) is 0.250. The van der Waals surface area contributed by atoms with Crippen LogP contribution in [0.5, 0.6) is 0 Å². The molecule has 3 N–H and O–H groups in total. The Kier molecular flexibility index (Phi) is 4.14. The highest BCUT2D eigenvalue weighted by Crippen LogP contribution is 2.22. The van der Waals surface area contributed by atoms with Gasteiger partial charge in [0.1, 0.15) is 5.82 Å². The van der Waals surface area contributed by atoms with Gasteiger partial charge in [0.05, 0.1) is 18.4 Å². The van der Waals surface area contributed by atoms with Crippen molar-refractivity contribution in [2.24, 2.45) is 0 Å². The minimum absolute atomic E-state index is 0.0260. The molecule has 0 saturated carbocycles. The lowest BCUT2D eigenvalue weighted by Gasteiger charge is -2.10. The van der Waals surface area contributed by atoms with Gasteiger partial charge in [-0.1, -0.05) is 5.16 Å². The summed E-state index contributed by atoms with van der Waals surface area (Å²) in [5.74, 6) is -0.673. The first-order valence-corrected chi connectivity index (χ1v) is 5.78. The van der Waals surface area contributed by atoms with Crippen molar-refractivity contribution in [1.29, 1.82) is 0 Å². The molecule has 0 fully saturated rings. The zero-order valence-electron chi connectivity index (χ0n) is 10.7. The van der Waals surface area contributed by atoms with Gasteiger partial charge in [0.2, 0.25) is 6.39 Å². The maximum atomic E-state index is 13.7. The SMILES string of the molecule is COC(=O)c1cc(NCCc2ncon2)c(F)cc1N. The highest BCUT2D eigenvalue weighted by atomic mass is 19.1. The molecule has 1 aromatic heterocycles. The van der Waals surface area contributed by atoms with Crippen LogP contribution in [-0.4, -0.2) is 29.8 Å². The molecule has 0 bridgehead atoms. The van der Waals surface area contributed by atoms with Crippen LogP contribution in [0.15, 0.2) is 23.0 Å². The lowest BCUT2D eigenvalue weighted by molar-refractivity contribution is 0.0602.